The largest absolute Gasteiger partial charge is 0.304 e. The van der Waals surface area contributed by atoms with Gasteiger partial charge in [-0.15, -0.1) is 0 Å². The highest BCUT2D eigenvalue weighted by Gasteiger charge is 2.18. The zero-order valence-electron chi connectivity index (χ0n) is 12.3. The lowest BCUT2D eigenvalue weighted by atomic mass is 10.2. The highest BCUT2D eigenvalue weighted by atomic mass is 15.3. The Morgan fingerprint density at radius 1 is 1.00 bits per heavy atom. The highest BCUT2D eigenvalue weighted by Crippen LogP contribution is 2.06. The molecule has 0 aliphatic carbocycles. The molecule has 0 amide bonds. The van der Waals surface area contributed by atoms with Gasteiger partial charge in [0.15, 0.2) is 0 Å². The Morgan fingerprint density at radius 3 is 2.06 bits per heavy atom. The van der Waals surface area contributed by atoms with Gasteiger partial charge in [-0.2, -0.15) is 0 Å². The third kappa shape index (κ3) is 5.36. The number of piperazine rings is 1. The van der Waals surface area contributed by atoms with Crippen LogP contribution in [0.4, 0.5) is 0 Å². The molecule has 3 nitrogen and oxygen atoms in total. The summed E-state index contributed by atoms with van der Waals surface area (Å²) in [5.74, 6) is 0. The van der Waals surface area contributed by atoms with E-state index in [-0.39, 0.29) is 0 Å². The van der Waals surface area contributed by atoms with E-state index in [1.165, 1.54) is 58.8 Å². The topological polar surface area (TPSA) is 9.72 Å². The molecule has 1 heterocycles. The Balaban J connectivity index is 2.10. The molecule has 0 aromatic rings. The second kappa shape index (κ2) is 8.06. The van der Waals surface area contributed by atoms with Crippen LogP contribution in [-0.2, 0) is 0 Å². The van der Waals surface area contributed by atoms with Crippen LogP contribution in [0.2, 0.25) is 0 Å². The summed E-state index contributed by atoms with van der Waals surface area (Å²) in [7, 11) is 0. The zero-order valence-corrected chi connectivity index (χ0v) is 12.3. The first-order valence-electron chi connectivity index (χ1n) is 7.36. The molecule has 0 unspecified atom stereocenters. The third-order valence-corrected chi connectivity index (χ3v) is 3.98. The molecule has 0 saturated carbocycles. The molecule has 102 valence electrons. The Kier molecular flexibility index (Phi) is 7.09. The van der Waals surface area contributed by atoms with E-state index in [9.17, 15) is 0 Å². The molecular formula is C14H31N3. The van der Waals surface area contributed by atoms with Crippen LogP contribution in [-0.4, -0.2) is 73.1 Å². The Morgan fingerprint density at radius 2 is 1.59 bits per heavy atom. The van der Waals surface area contributed by atoms with Crippen LogP contribution >= 0.6 is 0 Å². The Bertz CT molecular complexity index is 182. The summed E-state index contributed by atoms with van der Waals surface area (Å²) in [5, 5.41) is 0. The molecule has 0 radical (unpaired) electrons. The first-order valence-corrected chi connectivity index (χ1v) is 7.36. The fourth-order valence-corrected chi connectivity index (χ4v) is 2.56. The predicted molar refractivity (Wildman–Crippen MR) is 75.6 cm³/mol. The summed E-state index contributed by atoms with van der Waals surface area (Å²) >= 11 is 0. The smallest absolute Gasteiger partial charge is 0.0113 e. The average Bonchev–Trinajstić information content (AvgIpc) is 2.35. The zero-order chi connectivity index (χ0) is 12.7. The van der Waals surface area contributed by atoms with Crippen molar-refractivity contribution in [2.75, 3.05) is 52.4 Å². The molecule has 0 bridgehead atoms. The van der Waals surface area contributed by atoms with E-state index < -0.39 is 0 Å². The van der Waals surface area contributed by atoms with Gasteiger partial charge in [0.25, 0.3) is 0 Å². The van der Waals surface area contributed by atoms with E-state index >= 15 is 0 Å². The van der Waals surface area contributed by atoms with Crippen molar-refractivity contribution >= 4 is 0 Å². The number of hydrogen-bond acceptors (Lipinski definition) is 3. The first-order chi connectivity index (χ1) is 8.17. The maximum atomic E-state index is 2.63. The molecule has 1 saturated heterocycles. The molecule has 1 aliphatic heterocycles. The molecule has 3 heteroatoms. The van der Waals surface area contributed by atoms with E-state index in [1.54, 1.807) is 0 Å². The first kappa shape index (κ1) is 14.9. The van der Waals surface area contributed by atoms with Crippen LogP contribution in [0.15, 0.2) is 0 Å². The maximum Gasteiger partial charge on any atom is 0.0113 e. The van der Waals surface area contributed by atoms with Gasteiger partial charge >= 0.3 is 0 Å². The molecule has 1 rings (SSSR count). The molecule has 1 fully saturated rings. The quantitative estimate of drug-likeness (QED) is 0.672. The van der Waals surface area contributed by atoms with Crippen LogP contribution in [0, 0.1) is 0 Å². The minimum Gasteiger partial charge on any atom is -0.304 e. The van der Waals surface area contributed by atoms with Gasteiger partial charge < -0.3 is 9.80 Å². The lowest BCUT2D eigenvalue weighted by molar-refractivity contribution is 0.105. The monoisotopic (exact) mass is 241 g/mol. The van der Waals surface area contributed by atoms with Gasteiger partial charge in [-0.25, -0.2) is 0 Å². The molecular weight excluding hydrogens is 210 g/mol. The van der Waals surface area contributed by atoms with E-state index in [2.05, 4.69) is 42.4 Å². The lowest BCUT2D eigenvalue weighted by Gasteiger charge is -2.37. The number of hydrogen-bond donors (Lipinski definition) is 0. The molecule has 0 N–H and O–H groups in total. The van der Waals surface area contributed by atoms with Crippen molar-refractivity contribution in [2.45, 2.75) is 40.2 Å². The summed E-state index contributed by atoms with van der Waals surface area (Å²) < 4.78 is 0. The highest BCUT2D eigenvalue weighted by molar-refractivity contribution is 4.74. The number of nitrogens with zero attached hydrogens (tertiary/aromatic N) is 3. The van der Waals surface area contributed by atoms with Gasteiger partial charge in [-0.05, 0) is 46.4 Å². The van der Waals surface area contributed by atoms with Gasteiger partial charge in [-0.3, -0.25) is 4.90 Å². The van der Waals surface area contributed by atoms with Gasteiger partial charge in [0, 0.05) is 32.2 Å². The van der Waals surface area contributed by atoms with E-state index in [1.807, 2.05) is 0 Å². The number of rotatable bonds is 7. The molecule has 0 atom stereocenters. The Labute approximate surface area is 108 Å². The average molecular weight is 241 g/mol. The molecule has 0 aromatic heterocycles. The van der Waals surface area contributed by atoms with Gasteiger partial charge in [0.2, 0.25) is 0 Å². The standard InChI is InChI=1S/C14H31N3/c1-5-15(6-2)8-7-9-16-10-12-17(13-11-16)14(3)4/h14H,5-13H2,1-4H3. The molecule has 0 spiro atoms. The van der Waals surface area contributed by atoms with Crippen molar-refractivity contribution in [1.82, 2.24) is 14.7 Å². The van der Waals surface area contributed by atoms with Crippen LogP contribution in [0.1, 0.15) is 34.1 Å². The maximum absolute atomic E-state index is 2.63. The minimum atomic E-state index is 0.716. The van der Waals surface area contributed by atoms with Gasteiger partial charge in [0.05, 0.1) is 0 Å². The van der Waals surface area contributed by atoms with Crippen molar-refractivity contribution in [2.24, 2.45) is 0 Å². The van der Waals surface area contributed by atoms with Crippen molar-refractivity contribution < 1.29 is 0 Å². The van der Waals surface area contributed by atoms with E-state index in [0.29, 0.717) is 6.04 Å². The summed E-state index contributed by atoms with van der Waals surface area (Å²) in [6.07, 6.45) is 1.32. The molecule has 17 heavy (non-hydrogen) atoms. The predicted octanol–water partition coefficient (Wildman–Crippen LogP) is 1.74. The van der Waals surface area contributed by atoms with Crippen molar-refractivity contribution in [3.8, 4) is 0 Å². The van der Waals surface area contributed by atoms with Crippen LogP contribution in [0.3, 0.4) is 0 Å². The van der Waals surface area contributed by atoms with E-state index in [4.69, 9.17) is 0 Å². The Hall–Kier alpha value is -0.120. The summed E-state index contributed by atoms with van der Waals surface area (Å²) in [6, 6.07) is 0.716. The van der Waals surface area contributed by atoms with Crippen molar-refractivity contribution in [3.63, 3.8) is 0 Å². The fourth-order valence-electron chi connectivity index (χ4n) is 2.56. The summed E-state index contributed by atoms with van der Waals surface area (Å²) in [6.45, 7) is 19.1. The summed E-state index contributed by atoms with van der Waals surface area (Å²) in [5.41, 5.74) is 0. The third-order valence-electron chi connectivity index (χ3n) is 3.98. The van der Waals surface area contributed by atoms with Gasteiger partial charge in [0.1, 0.15) is 0 Å². The van der Waals surface area contributed by atoms with Crippen LogP contribution in [0.5, 0.6) is 0 Å². The minimum absolute atomic E-state index is 0.716. The fraction of sp³-hybridized carbons (Fsp3) is 1.00. The second-order valence-electron chi connectivity index (χ2n) is 5.35. The molecule has 0 aromatic carbocycles. The SMILES string of the molecule is CCN(CC)CCCN1CCN(C(C)C)CC1. The van der Waals surface area contributed by atoms with Gasteiger partial charge in [-0.1, -0.05) is 13.8 Å². The van der Waals surface area contributed by atoms with Crippen molar-refractivity contribution in [3.05, 3.63) is 0 Å². The van der Waals surface area contributed by atoms with Crippen molar-refractivity contribution in [1.29, 1.82) is 0 Å². The lowest BCUT2D eigenvalue weighted by Crippen LogP contribution is -2.49. The van der Waals surface area contributed by atoms with Crippen LogP contribution < -0.4 is 0 Å². The second-order valence-corrected chi connectivity index (χ2v) is 5.35. The van der Waals surface area contributed by atoms with E-state index in [0.717, 1.165) is 0 Å². The normalized spacial score (nSPS) is 19.4. The summed E-state index contributed by atoms with van der Waals surface area (Å²) in [4.78, 5) is 7.73. The van der Waals surface area contributed by atoms with Crippen LogP contribution in [0.25, 0.3) is 0 Å². The molecule has 1 aliphatic rings.